The van der Waals surface area contributed by atoms with Gasteiger partial charge in [-0.25, -0.2) is 0 Å². The number of benzene rings is 1. The molecular weight excluding hydrogens is 252 g/mol. The van der Waals surface area contributed by atoms with Crippen LogP contribution in [0.25, 0.3) is 0 Å². The van der Waals surface area contributed by atoms with Crippen molar-refractivity contribution < 1.29 is 9.53 Å². The van der Waals surface area contributed by atoms with Crippen molar-refractivity contribution in [3.63, 3.8) is 0 Å². The molecule has 0 bridgehead atoms. The van der Waals surface area contributed by atoms with E-state index in [9.17, 15) is 4.79 Å². The number of carbonyl (C=O) groups is 1. The first-order valence-electron chi connectivity index (χ1n) is 6.15. The minimum absolute atomic E-state index is 0.0313. The van der Waals surface area contributed by atoms with Crippen LogP contribution in [0.5, 0.6) is 5.75 Å². The van der Waals surface area contributed by atoms with E-state index in [1.54, 1.807) is 12.1 Å². The minimum Gasteiger partial charge on any atom is -0.492 e. The number of ether oxygens (including phenoxy) is 1. The topological polar surface area (TPSA) is 50.4 Å². The molecule has 98 valence electrons. The van der Waals surface area contributed by atoms with Gasteiger partial charge in [0.25, 0.3) is 0 Å². The van der Waals surface area contributed by atoms with E-state index < -0.39 is 0 Å². The Morgan fingerprint density at radius 3 is 3.17 bits per heavy atom. The molecule has 0 aliphatic carbocycles. The van der Waals surface area contributed by atoms with E-state index in [4.69, 9.17) is 16.3 Å². The molecule has 0 radical (unpaired) electrons. The number of halogens is 1. The third-order valence-electron chi connectivity index (χ3n) is 2.84. The smallest absolute Gasteiger partial charge is 0.237 e. The fourth-order valence-corrected chi connectivity index (χ4v) is 2.11. The van der Waals surface area contributed by atoms with E-state index in [0.29, 0.717) is 18.2 Å². The molecule has 1 aliphatic rings. The van der Waals surface area contributed by atoms with Gasteiger partial charge in [-0.05, 0) is 37.6 Å². The average molecular weight is 269 g/mol. The highest BCUT2D eigenvalue weighted by Crippen LogP contribution is 2.16. The highest BCUT2D eigenvalue weighted by Gasteiger charge is 2.21. The number of hydrogen-bond donors (Lipinski definition) is 2. The van der Waals surface area contributed by atoms with Gasteiger partial charge < -0.3 is 15.4 Å². The molecular formula is C13H17ClN2O2. The maximum Gasteiger partial charge on any atom is 0.237 e. The first kappa shape index (κ1) is 13.2. The summed E-state index contributed by atoms with van der Waals surface area (Å²) >= 11 is 5.84. The second kappa shape index (κ2) is 6.61. The standard InChI is InChI=1S/C13H17ClN2O2/c14-10-3-1-4-11(9-10)18-8-7-16-13(17)12-5-2-6-15-12/h1,3-4,9,12,15H,2,5-8H2,(H,16,17). The van der Waals surface area contributed by atoms with Crippen LogP contribution < -0.4 is 15.4 Å². The zero-order valence-corrected chi connectivity index (χ0v) is 10.9. The molecule has 1 aromatic rings. The quantitative estimate of drug-likeness (QED) is 0.798. The summed E-state index contributed by atoms with van der Waals surface area (Å²) in [6.07, 6.45) is 1.98. The van der Waals surface area contributed by atoms with Crippen LogP contribution in [-0.4, -0.2) is 31.6 Å². The van der Waals surface area contributed by atoms with Crippen LogP contribution in [0.2, 0.25) is 5.02 Å². The van der Waals surface area contributed by atoms with E-state index in [1.165, 1.54) is 0 Å². The van der Waals surface area contributed by atoms with Crippen molar-refractivity contribution in [3.05, 3.63) is 29.3 Å². The summed E-state index contributed by atoms with van der Waals surface area (Å²) in [7, 11) is 0. The van der Waals surface area contributed by atoms with Crippen molar-refractivity contribution in [3.8, 4) is 5.75 Å². The predicted octanol–water partition coefficient (Wildman–Crippen LogP) is 1.59. The summed E-state index contributed by atoms with van der Waals surface area (Å²) in [4.78, 5) is 11.7. The Kier molecular flexibility index (Phi) is 4.84. The Balaban J connectivity index is 1.65. The molecule has 1 atom stereocenters. The van der Waals surface area contributed by atoms with Crippen molar-refractivity contribution in [1.82, 2.24) is 10.6 Å². The summed E-state index contributed by atoms with van der Waals surface area (Å²) in [5, 5.41) is 6.65. The van der Waals surface area contributed by atoms with Gasteiger partial charge >= 0.3 is 0 Å². The largest absolute Gasteiger partial charge is 0.492 e. The summed E-state index contributed by atoms with van der Waals surface area (Å²) in [5.41, 5.74) is 0. The monoisotopic (exact) mass is 268 g/mol. The SMILES string of the molecule is O=C(NCCOc1cccc(Cl)c1)C1CCCN1. The summed E-state index contributed by atoms with van der Waals surface area (Å²) < 4.78 is 5.48. The van der Waals surface area contributed by atoms with Gasteiger partial charge in [-0.1, -0.05) is 17.7 Å². The second-order valence-corrected chi connectivity index (χ2v) is 4.68. The Morgan fingerprint density at radius 2 is 2.44 bits per heavy atom. The molecule has 18 heavy (non-hydrogen) atoms. The first-order chi connectivity index (χ1) is 8.75. The lowest BCUT2D eigenvalue weighted by molar-refractivity contribution is -0.122. The van der Waals surface area contributed by atoms with Crippen LogP contribution in [-0.2, 0) is 4.79 Å². The lowest BCUT2D eigenvalue weighted by atomic mass is 10.2. The predicted molar refractivity (Wildman–Crippen MR) is 71.0 cm³/mol. The van der Waals surface area contributed by atoms with Gasteiger partial charge in [-0.2, -0.15) is 0 Å². The van der Waals surface area contributed by atoms with Gasteiger partial charge in [0.1, 0.15) is 12.4 Å². The Bertz CT molecular complexity index is 406. The first-order valence-corrected chi connectivity index (χ1v) is 6.53. The third kappa shape index (κ3) is 3.89. The van der Waals surface area contributed by atoms with E-state index in [0.717, 1.165) is 25.1 Å². The summed E-state index contributed by atoms with van der Waals surface area (Å²) in [5.74, 6) is 0.776. The molecule has 1 aliphatic heterocycles. The third-order valence-corrected chi connectivity index (χ3v) is 3.08. The molecule has 1 fully saturated rings. The van der Waals surface area contributed by atoms with Crippen LogP contribution in [0.4, 0.5) is 0 Å². The van der Waals surface area contributed by atoms with Crippen molar-refractivity contribution >= 4 is 17.5 Å². The summed E-state index contributed by atoms with van der Waals surface area (Å²) in [6.45, 7) is 1.87. The molecule has 1 aromatic carbocycles. The Hall–Kier alpha value is -1.26. The lowest BCUT2D eigenvalue weighted by Crippen LogP contribution is -2.41. The zero-order valence-electron chi connectivity index (χ0n) is 10.1. The normalized spacial score (nSPS) is 18.6. The molecule has 1 unspecified atom stereocenters. The van der Waals surface area contributed by atoms with Gasteiger partial charge in [0.15, 0.2) is 0 Å². The molecule has 0 aromatic heterocycles. The van der Waals surface area contributed by atoms with Crippen LogP contribution in [0, 0.1) is 0 Å². The molecule has 1 heterocycles. The molecule has 4 nitrogen and oxygen atoms in total. The Morgan fingerprint density at radius 1 is 1.56 bits per heavy atom. The van der Waals surface area contributed by atoms with Crippen molar-refractivity contribution in [2.24, 2.45) is 0 Å². The minimum atomic E-state index is -0.0313. The van der Waals surface area contributed by atoms with E-state index in [-0.39, 0.29) is 11.9 Å². The molecule has 1 saturated heterocycles. The molecule has 5 heteroatoms. The highest BCUT2D eigenvalue weighted by atomic mass is 35.5. The lowest BCUT2D eigenvalue weighted by Gasteiger charge is -2.11. The molecule has 2 rings (SSSR count). The second-order valence-electron chi connectivity index (χ2n) is 4.25. The van der Waals surface area contributed by atoms with Gasteiger partial charge in [-0.15, -0.1) is 0 Å². The van der Waals surface area contributed by atoms with Crippen LogP contribution in [0.15, 0.2) is 24.3 Å². The van der Waals surface area contributed by atoms with E-state index >= 15 is 0 Å². The Labute approximate surface area is 112 Å². The van der Waals surface area contributed by atoms with Crippen LogP contribution >= 0.6 is 11.6 Å². The van der Waals surface area contributed by atoms with E-state index in [1.807, 2.05) is 12.1 Å². The van der Waals surface area contributed by atoms with Crippen LogP contribution in [0.1, 0.15) is 12.8 Å². The zero-order chi connectivity index (χ0) is 12.8. The van der Waals surface area contributed by atoms with Gasteiger partial charge in [0.2, 0.25) is 5.91 Å². The molecule has 0 saturated carbocycles. The average Bonchev–Trinajstić information content (AvgIpc) is 2.88. The molecule has 2 N–H and O–H groups in total. The maximum atomic E-state index is 11.7. The number of hydrogen-bond acceptors (Lipinski definition) is 3. The number of nitrogens with one attached hydrogen (secondary N) is 2. The number of carbonyl (C=O) groups excluding carboxylic acids is 1. The number of rotatable bonds is 5. The van der Waals surface area contributed by atoms with Crippen LogP contribution in [0.3, 0.4) is 0 Å². The molecule has 1 amide bonds. The van der Waals surface area contributed by atoms with Crippen molar-refractivity contribution in [2.75, 3.05) is 19.7 Å². The highest BCUT2D eigenvalue weighted by molar-refractivity contribution is 6.30. The van der Waals surface area contributed by atoms with Crippen molar-refractivity contribution in [1.29, 1.82) is 0 Å². The van der Waals surface area contributed by atoms with Gasteiger partial charge in [0.05, 0.1) is 12.6 Å². The van der Waals surface area contributed by atoms with E-state index in [2.05, 4.69) is 10.6 Å². The van der Waals surface area contributed by atoms with Gasteiger partial charge in [-0.3, -0.25) is 4.79 Å². The summed E-state index contributed by atoms with van der Waals surface area (Å²) in [6, 6.07) is 7.19. The molecule has 0 spiro atoms. The number of amides is 1. The van der Waals surface area contributed by atoms with Gasteiger partial charge in [0, 0.05) is 5.02 Å². The fourth-order valence-electron chi connectivity index (χ4n) is 1.93. The fraction of sp³-hybridized carbons (Fsp3) is 0.462. The van der Waals surface area contributed by atoms with Crippen molar-refractivity contribution in [2.45, 2.75) is 18.9 Å². The maximum absolute atomic E-state index is 11.7.